The molecule has 0 amide bonds. The van der Waals surface area contributed by atoms with Crippen LogP contribution >= 0.6 is 0 Å². The first-order valence-electron chi connectivity index (χ1n) is 5.45. The third-order valence-electron chi connectivity index (χ3n) is 3.17. The summed E-state index contributed by atoms with van der Waals surface area (Å²) >= 11 is 0. The maximum Gasteiger partial charge on any atom is 0.132 e. The maximum atomic E-state index is 13.6. The predicted molar refractivity (Wildman–Crippen MR) is 57.5 cm³/mol. The van der Waals surface area contributed by atoms with E-state index < -0.39 is 0 Å². The van der Waals surface area contributed by atoms with Crippen LogP contribution < -0.4 is 0 Å². The molecule has 0 fully saturated rings. The van der Waals surface area contributed by atoms with Crippen LogP contribution in [0.15, 0.2) is 30.6 Å². The minimum atomic E-state index is -0.107. The van der Waals surface area contributed by atoms with Gasteiger partial charge in [0, 0.05) is 18.9 Å². The largest absolute Gasteiger partial charge is 0.317 e. The average Bonchev–Trinajstić information content (AvgIpc) is 2.76. The predicted octanol–water partition coefficient (Wildman–Crippen LogP) is 2.15. The second-order valence-electron chi connectivity index (χ2n) is 4.16. The molecule has 0 aliphatic carbocycles. The molecule has 2 aromatic rings. The summed E-state index contributed by atoms with van der Waals surface area (Å²) in [4.78, 5) is 0. The minimum Gasteiger partial charge on any atom is -0.317 e. The van der Waals surface area contributed by atoms with E-state index in [4.69, 9.17) is 0 Å². The molecule has 3 rings (SSSR count). The van der Waals surface area contributed by atoms with Crippen LogP contribution in [0.3, 0.4) is 0 Å². The van der Waals surface area contributed by atoms with E-state index in [2.05, 4.69) is 10.2 Å². The van der Waals surface area contributed by atoms with Gasteiger partial charge in [0.2, 0.25) is 0 Å². The Bertz CT molecular complexity index is 506. The van der Waals surface area contributed by atoms with Crippen molar-refractivity contribution in [3.05, 3.63) is 47.8 Å². The van der Waals surface area contributed by atoms with Crippen molar-refractivity contribution in [1.82, 2.24) is 14.8 Å². The fourth-order valence-corrected chi connectivity index (χ4v) is 2.32. The van der Waals surface area contributed by atoms with Gasteiger partial charge in [-0.1, -0.05) is 18.2 Å². The molecule has 1 aliphatic rings. The first-order chi connectivity index (χ1) is 7.84. The lowest BCUT2D eigenvalue weighted by Gasteiger charge is -2.23. The van der Waals surface area contributed by atoms with Crippen LogP contribution in [0.2, 0.25) is 0 Å². The van der Waals surface area contributed by atoms with E-state index in [9.17, 15) is 4.39 Å². The molecule has 2 heterocycles. The van der Waals surface area contributed by atoms with Gasteiger partial charge in [-0.05, 0) is 18.1 Å². The molecule has 3 nitrogen and oxygen atoms in total. The third kappa shape index (κ3) is 1.50. The van der Waals surface area contributed by atoms with Crippen molar-refractivity contribution in [2.45, 2.75) is 25.3 Å². The number of hydrogen-bond donors (Lipinski definition) is 0. The number of hydrogen-bond acceptors (Lipinski definition) is 2. The molecule has 4 heteroatoms. The average molecular weight is 217 g/mol. The number of aryl methyl sites for hydroxylation is 1. The van der Waals surface area contributed by atoms with Gasteiger partial charge < -0.3 is 4.57 Å². The van der Waals surface area contributed by atoms with Crippen LogP contribution in [0, 0.1) is 5.82 Å². The van der Waals surface area contributed by atoms with Crippen LogP contribution in [0.5, 0.6) is 0 Å². The highest BCUT2D eigenvalue weighted by atomic mass is 19.1. The molecule has 0 radical (unpaired) electrons. The van der Waals surface area contributed by atoms with E-state index in [0.29, 0.717) is 0 Å². The number of rotatable bonds is 1. The highest BCUT2D eigenvalue weighted by Crippen LogP contribution is 2.29. The normalized spacial score (nSPS) is 19.4. The molecule has 0 saturated heterocycles. The zero-order chi connectivity index (χ0) is 11.0. The van der Waals surface area contributed by atoms with Gasteiger partial charge in [-0.3, -0.25) is 0 Å². The first kappa shape index (κ1) is 9.51. The summed E-state index contributed by atoms with van der Waals surface area (Å²) in [6.45, 7) is 0.781. The van der Waals surface area contributed by atoms with E-state index in [1.54, 1.807) is 12.4 Å². The number of benzene rings is 1. The van der Waals surface area contributed by atoms with Crippen molar-refractivity contribution in [1.29, 1.82) is 0 Å². The standard InChI is InChI=1S/C12H12FN3/c13-11-4-2-1-3-10(11)9-5-6-12-15-14-8-16(12)7-9/h1-4,8-9H,5-7H2. The molecule has 0 saturated carbocycles. The Balaban J connectivity index is 1.92. The molecule has 16 heavy (non-hydrogen) atoms. The topological polar surface area (TPSA) is 30.7 Å². The van der Waals surface area contributed by atoms with Crippen LogP contribution in [0.25, 0.3) is 0 Å². The Morgan fingerprint density at radius 1 is 1.31 bits per heavy atom. The Morgan fingerprint density at radius 3 is 3.06 bits per heavy atom. The van der Waals surface area contributed by atoms with Crippen molar-refractivity contribution in [3.63, 3.8) is 0 Å². The first-order valence-corrected chi connectivity index (χ1v) is 5.45. The zero-order valence-corrected chi connectivity index (χ0v) is 8.81. The van der Waals surface area contributed by atoms with Crippen LogP contribution in [0.4, 0.5) is 4.39 Å². The number of nitrogens with zero attached hydrogens (tertiary/aromatic N) is 3. The highest BCUT2D eigenvalue weighted by molar-refractivity contribution is 5.22. The molecule has 0 bridgehead atoms. The second kappa shape index (κ2) is 3.70. The van der Waals surface area contributed by atoms with E-state index in [1.165, 1.54) is 6.07 Å². The van der Waals surface area contributed by atoms with Gasteiger partial charge in [0.15, 0.2) is 0 Å². The van der Waals surface area contributed by atoms with Crippen molar-refractivity contribution >= 4 is 0 Å². The van der Waals surface area contributed by atoms with Crippen molar-refractivity contribution in [3.8, 4) is 0 Å². The molecule has 1 aromatic carbocycles. The molecule has 1 aromatic heterocycles. The fourth-order valence-electron chi connectivity index (χ4n) is 2.32. The van der Waals surface area contributed by atoms with Gasteiger partial charge in [-0.15, -0.1) is 10.2 Å². The molecule has 1 atom stereocenters. The van der Waals surface area contributed by atoms with Gasteiger partial charge in [-0.2, -0.15) is 0 Å². The summed E-state index contributed by atoms with van der Waals surface area (Å²) in [5.41, 5.74) is 0.807. The van der Waals surface area contributed by atoms with Crippen LogP contribution in [0.1, 0.15) is 23.7 Å². The highest BCUT2D eigenvalue weighted by Gasteiger charge is 2.22. The van der Waals surface area contributed by atoms with E-state index in [-0.39, 0.29) is 11.7 Å². The lowest BCUT2D eigenvalue weighted by atomic mass is 9.91. The summed E-state index contributed by atoms with van der Waals surface area (Å²) in [6, 6.07) is 7.01. The minimum absolute atomic E-state index is 0.107. The van der Waals surface area contributed by atoms with E-state index >= 15 is 0 Å². The zero-order valence-electron chi connectivity index (χ0n) is 8.81. The molecule has 1 unspecified atom stereocenters. The summed E-state index contributed by atoms with van der Waals surface area (Å²) in [5, 5.41) is 7.90. The molecule has 1 aliphatic heterocycles. The Kier molecular flexibility index (Phi) is 2.20. The summed E-state index contributed by atoms with van der Waals surface area (Å²) < 4.78 is 15.7. The number of fused-ring (bicyclic) bond motifs is 1. The number of halogens is 1. The van der Waals surface area contributed by atoms with E-state index in [1.807, 2.05) is 16.7 Å². The Morgan fingerprint density at radius 2 is 2.19 bits per heavy atom. The van der Waals surface area contributed by atoms with Crippen molar-refractivity contribution in [2.75, 3.05) is 0 Å². The quantitative estimate of drug-likeness (QED) is 0.732. The summed E-state index contributed by atoms with van der Waals surface area (Å²) in [5.74, 6) is 1.14. The van der Waals surface area contributed by atoms with Crippen LogP contribution in [-0.4, -0.2) is 14.8 Å². The Hall–Kier alpha value is -1.71. The van der Waals surface area contributed by atoms with Gasteiger partial charge in [0.05, 0.1) is 0 Å². The van der Waals surface area contributed by atoms with Gasteiger partial charge in [0.1, 0.15) is 18.0 Å². The van der Waals surface area contributed by atoms with E-state index in [0.717, 1.165) is 30.8 Å². The molecule has 0 N–H and O–H groups in total. The fraction of sp³-hybridized carbons (Fsp3) is 0.333. The smallest absolute Gasteiger partial charge is 0.132 e. The van der Waals surface area contributed by atoms with Gasteiger partial charge >= 0.3 is 0 Å². The monoisotopic (exact) mass is 217 g/mol. The molecule has 82 valence electrons. The molecule has 0 spiro atoms. The molecular weight excluding hydrogens is 205 g/mol. The van der Waals surface area contributed by atoms with Crippen molar-refractivity contribution in [2.24, 2.45) is 0 Å². The molecular formula is C12H12FN3. The lowest BCUT2D eigenvalue weighted by molar-refractivity contribution is 0.440. The Labute approximate surface area is 92.9 Å². The van der Waals surface area contributed by atoms with Gasteiger partial charge in [0.25, 0.3) is 0 Å². The SMILES string of the molecule is Fc1ccccc1C1CCc2nncn2C1. The second-order valence-corrected chi connectivity index (χ2v) is 4.16. The summed E-state index contributed by atoms with van der Waals surface area (Å²) in [6.07, 6.45) is 3.54. The maximum absolute atomic E-state index is 13.6. The number of aromatic nitrogens is 3. The third-order valence-corrected chi connectivity index (χ3v) is 3.17. The van der Waals surface area contributed by atoms with Crippen LogP contribution in [-0.2, 0) is 13.0 Å². The van der Waals surface area contributed by atoms with Crippen molar-refractivity contribution < 1.29 is 4.39 Å². The lowest BCUT2D eigenvalue weighted by Crippen LogP contribution is -2.19. The van der Waals surface area contributed by atoms with Gasteiger partial charge in [-0.25, -0.2) is 4.39 Å². The summed E-state index contributed by atoms with van der Waals surface area (Å²) in [7, 11) is 0.